The first-order valence-corrected chi connectivity index (χ1v) is 3.40. The minimum Gasteiger partial charge on any atom is -0.381 e. The second-order valence-corrected chi connectivity index (χ2v) is 2.83. The fourth-order valence-corrected chi connectivity index (χ4v) is 0.790. The molecule has 66 valence electrons. The fraction of sp³-hybridized carbons (Fsp3) is 0.429. The standard InChI is InChI=1S/C7H9FN2O2/c1-7(12,5-11)4-10-3-6(8)2-9-10/h2-3,5,12H,4H2,1H3/t7-/m0/s1. The molecule has 0 aromatic carbocycles. The van der Waals surface area contributed by atoms with E-state index in [0.717, 1.165) is 12.4 Å². The van der Waals surface area contributed by atoms with Crippen molar-refractivity contribution in [2.75, 3.05) is 0 Å². The third-order valence-electron chi connectivity index (χ3n) is 1.34. The Morgan fingerprint density at radius 3 is 3.00 bits per heavy atom. The smallest absolute Gasteiger partial charge is 0.161 e. The zero-order valence-corrected chi connectivity index (χ0v) is 6.57. The van der Waals surface area contributed by atoms with E-state index in [1.807, 2.05) is 0 Å². The van der Waals surface area contributed by atoms with Gasteiger partial charge in [-0.3, -0.25) is 4.68 Å². The Bertz CT molecular complexity index is 283. The van der Waals surface area contributed by atoms with E-state index in [9.17, 15) is 14.3 Å². The van der Waals surface area contributed by atoms with Gasteiger partial charge in [0.05, 0.1) is 18.9 Å². The topological polar surface area (TPSA) is 55.1 Å². The summed E-state index contributed by atoms with van der Waals surface area (Å²) in [6, 6.07) is 0. The zero-order chi connectivity index (χ0) is 9.19. The highest BCUT2D eigenvalue weighted by Crippen LogP contribution is 2.03. The second kappa shape index (κ2) is 3.02. The molecule has 5 heteroatoms. The van der Waals surface area contributed by atoms with Crippen LogP contribution in [0.25, 0.3) is 0 Å². The highest BCUT2D eigenvalue weighted by atomic mass is 19.1. The number of carbonyl (C=O) groups excluding carboxylic acids is 1. The van der Waals surface area contributed by atoms with Crippen LogP contribution < -0.4 is 0 Å². The van der Waals surface area contributed by atoms with E-state index in [0.29, 0.717) is 6.29 Å². The third-order valence-corrected chi connectivity index (χ3v) is 1.34. The van der Waals surface area contributed by atoms with E-state index in [2.05, 4.69) is 5.10 Å². The van der Waals surface area contributed by atoms with Gasteiger partial charge in [0.1, 0.15) is 5.60 Å². The van der Waals surface area contributed by atoms with Gasteiger partial charge in [0.2, 0.25) is 0 Å². The molecule has 4 nitrogen and oxygen atoms in total. The summed E-state index contributed by atoms with van der Waals surface area (Å²) in [6.45, 7) is 1.29. The average Bonchev–Trinajstić information content (AvgIpc) is 2.35. The van der Waals surface area contributed by atoms with Gasteiger partial charge in [-0.05, 0) is 6.92 Å². The highest BCUT2D eigenvalue weighted by Gasteiger charge is 2.20. The maximum atomic E-state index is 12.4. The predicted octanol–water partition coefficient (Wildman–Crippen LogP) is -0.0279. The summed E-state index contributed by atoms with van der Waals surface area (Å²) >= 11 is 0. The number of nitrogens with zero attached hydrogens (tertiary/aromatic N) is 2. The molecule has 1 aromatic rings. The molecule has 0 aliphatic carbocycles. The van der Waals surface area contributed by atoms with Gasteiger partial charge in [0.15, 0.2) is 12.1 Å². The van der Waals surface area contributed by atoms with Crippen LogP contribution in [-0.4, -0.2) is 26.8 Å². The lowest BCUT2D eigenvalue weighted by molar-refractivity contribution is -0.123. The van der Waals surface area contributed by atoms with Crippen LogP contribution in [0.1, 0.15) is 6.92 Å². The molecule has 0 aliphatic rings. The number of hydrogen-bond acceptors (Lipinski definition) is 3. The van der Waals surface area contributed by atoms with Gasteiger partial charge in [-0.25, -0.2) is 4.39 Å². The van der Waals surface area contributed by atoms with Crippen molar-refractivity contribution >= 4 is 6.29 Å². The molecule has 0 unspecified atom stereocenters. The maximum Gasteiger partial charge on any atom is 0.161 e. The molecule has 0 fully saturated rings. The van der Waals surface area contributed by atoms with Crippen molar-refractivity contribution in [2.24, 2.45) is 0 Å². The molecule has 0 aliphatic heterocycles. The summed E-state index contributed by atoms with van der Waals surface area (Å²) in [5, 5.41) is 12.8. The summed E-state index contributed by atoms with van der Waals surface area (Å²) < 4.78 is 13.5. The minimum absolute atomic E-state index is 0.0413. The van der Waals surface area contributed by atoms with E-state index < -0.39 is 11.4 Å². The first-order chi connectivity index (χ1) is 5.53. The van der Waals surface area contributed by atoms with Crippen LogP contribution in [0, 0.1) is 5.82 Å². The van der Waals surface area contributed by atoms with Crippen molar-refractivity contribution in [3.05, 3.63) is 18.2 Å². The van der Waals surface area contributed by atoms with Crippen molar-refractivity contribution in [3.63, 3.8) is 0 Å². The highest BCUT2D eigenvalue weighted by molar-refractivity contribution is 5.60. The van der Waals surface area contributed by atoms with Gasteiger partial charge in [-0.1, -0.05) is 0 Å². The van der Waals surface area contributed by atoms with Gasteiger partial charge < -0.3 is 9.90 Å². The number of hydrogen-bond donors (Lipinski definition) is 1. The monoisotopic (exact) mass is 172 g/mol. The van der Waals surface area contributed by atoms with Crippen molar-refractivity contribution in [1.29, 1.82) is 0 Å². The molecule has 1 rings (SSSR count). The van der Waals surface area contributed by atoms with E-state index in [1.54, 1.807) is 0 Å². The molecule has 0 saturated carbocycles. The maximum absolute atomic E-state index is 12.4. The Labute approximate surface area is 68.6 Å². The van der Waals surface area contributed by atoms with Crippen LogP contribution in [0.2, 0.25) is 0 Å². The molecule has 0 amide bonds. The molecule has 0 saturated heterocycles. The lowest BCUT2D eigenvalue weighted by Gasteiger charge is -2.14. The zero-order valence-electron chi connectivity index (χ0n) is 6.57. The van der Waals surface area contributed by atoms with Crippen LogP contribution in [0.4, 0.5) is 4.39 Å². The van der Waals surface area contributed by atoms with Crippen molar-refractivity contribution in [3.8, 4) is 0 Å². The number of aldehydes is 1. The fourth-order valence-electron chi connectivity index (χ4n) is 0.790. The second-order valence-electron chi connectivity index (χ2n) is 2.83. The Kier molecular flexibility index (Phi) is 2.23. The van der Waals surface area contributed by atoms with Crippen LogP contribution in [-0.2, 0) is 11.3 Å². The van der Waals surface area contributed by atoms with Crippen molar-refractivity contribution < 1.29 is 14.3 Å². The van der Waals surface area contributed by atoms with Crippen molar-refractivity contribution in [2.45, 2.75) is 19.1 Å². The van der Waals surface area contributed by atoms with E-state index in [1.165, 1.54) is 11.6 Å². The van der Waals surface area contributed by atoms with Crippen LogP contribution >= 0.6 is 0 Å². The summed E-state index contributed by atoms with van der Waals surface area (Å²) in [5.74, 6) is -0.489. The van der Waals surface area contributed by atoms with E-state index >= 15 is 0 Å². The van der Waals surface area contributed by atoms with Crippen LogP contribution in [0.5, 0.6) is 0 Å². The minimum atomic E-state index is -1.49. The first kappa shape index (κ1) is 8.86. The Morgan fingerprint density at radius 1 is 1.92 bits per heavy atom. The normalized spacial score (nSPS) is 15.6. The number of carbonyl (C=O) groups is 1. The summed E-state index contributed by atoms with van der Waals surface area (Å²) in [7, 11) is 0. The van der Waals surface area contributed by atoms with E-state index in [-0.39, 0.29) is 6.54 Å². The molecule has 1 aromatic heterocycles. The van der Waals surface area contributed by atoms with Crippen LogP contribution in [0.15, 0.2) is 12.4 Å². The van der Waals surface area contributed by atoms with Gasteiger partial charge in [-0.2, -0.15) is 5.10 Å². The molecule has 0 radical (unpaired) electrons. The molecule has 12 heavy (non-hydrogen) atoms. The molecule has 0 spiro atoms. The molecule has 1 heterocycles. The number of rotatable bonds is 3. The Morgan fingerprint density at radius 2 is 2.58 bits per heavy atom. The third kappa shape index (κ3) is 2.13. The van der Waals surface area contributed by atoms with Crippen LogP contribution in [0.3, 0.4) is 0 Å². The molecular formula is C7H9FN2O2. The number of aromatic nitrogens is 2. The van der Waals surface area contributed by atoms with Gasteiger partial charge >= 0.3 is 0 Å². The molecule has 1 N–H and O–H groups in total. The summed E-state index contributed by atoms with van der Waals surface area (Å²) in [4.78, 5) is 10.3. The SMILES string of the molecule is C[C@@](O)(C=O)Cn1cc(F)cn1. The number of halogens is 1. The van der Waals surface area contributed by atoms with Gasteiger partial charge in [-0.15, -0.1) is 0 Å². The summed E-state index contributed by atoms with van der Waals surface area (Å²) in [6.07, 6.45) is 2.52. The number of aliphatic hydroxyl groups is 1. The van der Waals surface area contributed by atoms with E-state index in [4.69, 9.17) is 0 Å². The molecule has 0 bridgehead atoms. The first-order valence-electron chi connectivity index (χ1n) is 3.40. The lowest BCUT2D eigenvalue weighted by atomic mass is 10.1. The average molecular weight is 172 g/mol. The Balaban J connectivity index is 2.69. The quantitative estimate of drug-likeness (QED) is 0.651. The molecule has 1 atom stereocenters. The largest absolute Gasteiger partial charge is 0.381 e. The molecular weight excluding hydrogens is 163 g/mol. The van der Waals surface area contributed by atoms with Gasteiger partial charge in [0.25, 0.3) is 0 Å². The van der Waals surface area contributed by atoms with Gasteiger partial charge in [0, 0.05) is 0 Å². The lowest BCUT2D eigenvalue weighted by Crippen LogP contribution is -2.32. The Hall–Kier alpha value is -1.23. The predicted molar refractivity (Wildman–Crippen MR) is 38.9 cm³/mol. The summed E-state index contributed by atoms with van der Waals surface area (Å²) in [5.41, 5.74) is -1.49. The van der Waals surface area contributed by atoms with Crippen molar-refractivity contribution in [1.82, 2.24) is 9.78 Å².